The second-order valence-corrected chi connectivity index (χ2v) is 12.5. The first-order valence-electron chi connectivity index (χ1n) is 13.7. The van der Waals surface area contributed by atoms with E-state index in [2.05, 4.69) is 43.6 Å². The van der Waals surface area contributed by atoms with Gasteiger partial charge in [-0.3, -0.25) is 4.98 Å². The zero-order valence-corrected chi connectivity index (χ0v) is 23.1. The zero-order valence-electron chi connectivity index (χ0n) is 23.1. The summed E-state index contributed by atoms with van der Waals surface area (Å²) in [5.74, 6) is 0. The number of pyridine rings is 1. The van der Waals surface area contributed by atoms with Gasteiger partial charge in [-0.15, -0.1) is 0 Å². The molecule has 0 saturated heterocycles. The van der Waals surface area contributed by atoms with Crippen molar-refractivity contribution in [2.75, 3.05) is 23.7 Å². The third-order valence-electron chi connectivity index (χ3n) is 8.85. The summed E-state index contributed by atoms with van der Waals surface area (Å²) in [5.41, 5.74) is 12.0. The quantitative estimate of drug-likeness (QED) is 0.207. The minimum Gasteiger partial charge on any atom is -0.422 e. The van der Waals surface area contributed by atoms with Crippen LogP contribution in [0.2, 0.25) is 0 Å². The molecule has 5 heterocycles. The summed E-state index contributed by atoms with van der Waals surface area (Å²) >= 11 is 0. The van der Waals surface area contributed by atoms with E-state index in [0.29, 0.717) is 39.1 Å². The van der Waals surface area contributed by atoms with Crippen LogP contribution in [0.4, 0.5) is 11.4 Å². The molecule has 0 saturated carbocycles. The second kappa shape index (κ2) is 8.31. The third kappa shape index (κ3) is 3.68. The molecule has 0 atom stereocenters. The molecule has 2 aromatic carbocycles. The van der Waals surface area contributed by atoms with Crippen LogP contribution in [0.5, 0.6) is 0 Å². The molecule has 0 bridgehead atoms. The van der Waals surface area contributed by atoms with Crippen LogP contribution in [0.25, 0.3) is 44.2 Å². The van der Waals surface area contributed by atoms with Crippen LogP contribution in [-0.2, 0) is 10.8 Å². The summed E-state index contributed by atoms with van der Waals surface area (Å²) < 4.78 is 11.7. The van der Waals surface area contributed by atoms with Gasteiger partial charge in [0.15, 0.2) is 0 Å². The van der Waals surface area contributed by atoms with Gasteiger partial charge >= 0.3 is 11.3 Å². The maximum atomic E-state index is 13.5. The first kappa shape index (κ1) is 24.6. The number of anilines is 2. The van der Waals surface area contributed by atoms with Gasteiger partial charge in [-0.2, -0.15) is 0 Å². The standard InChI is InChI=1S/C33H31N3O4/c1-32(2)7-9-36-10-8-33(3,4)27-28(36)25(32)14-19-13-24(31(38)40-29(19)27)21-11-20(16-35-17-21)23-12-18-5-6-22(34)15-26(18)39-30(23)37/h5-6,11-17H,7-10,34H2,1-4H3. The highest BCUT2D eigenvalue weighted by Crippen LogP contribution is 2.51. The highest BCUT2D eigenvalue weighted by molar-refractivity contribution is 5.93. The number of aromatic nitrogens is 1. The Kier molecular flexibility index (Phi) is 5.12. The zero-order chi connectivity index (χ0) is 28.0. The van der Waals surface area contributed by atoms with Crippen molar-refractivity contribution < 1.29 is 8.83 Å². The van der Waals surface area contributed by atoms with Crippen molar-refractivity contribution in [2.24, 2.45) is 0 Å². The van der Waals surface area contributed by atoms with Crippen LogP contribution in [0.3, 0.4) is 0 Å². The monoisotopic (exact) mass is 533 g/mol. The van der Waals surface area contributed by atoms with Crippen LogP contribution in [0.15, 0.2) is 73.3 Å². The van der Waals surface area contributed by atoms with Gasteiger partial charge in [0.25, 0.3) is 0 Å². The van der Waals surface area contributed by atoms with Gasteiger partial charge in [-0.1, -0.05) is 27.7 Å². The maximum Gasteiger partial charge on any atom is 0.344 e. The summed E-state index contributed by atoms with van der Waals surface area (Å²) in [6.07, 6.45) is 5.30. The molecule has 2 aliphatic heterocycles. The Balaban J connectivity index is 1.42. The van der Waals surface area contributed by atoms with Crippen LogP contribution in [-0.4, -0.2) is 18.1 Å². The molecule has 7 rings (SSSR count). The minimum atomic E-state index is -0.498. The predicted octanol–water partition coefficient (Wildman–Crippen LogP) is 6.38. The van der Waals surface area contributed by atoms with Gasteiger partial charge in [0.1, 0.15) is 11.2 Å². The van der Waals surface area contributed by atoms with Gasteiger partial charge in [0.2, 0.25) is 0 Å². The Morgan fingerprint density at radius 2 is 1.45 bits per heavy atom. The van der Waals surface area contributed by atoms with Crippen LogP contribution in [0, 0.1) is 0 Å². The van der Waals surface area contributed by atoms with Crippen molar-refractivity contribution >= 4 is 33.3 Å². The fourth-order valence-electron chi connectivity index (χ4n) is 6.42. The third-order valence-corrected chi connectivity index (χ3v) is 8.85. The van der Waals surface area contributed by atoms with Gasteiger partial charge < -0.3 is 19.5 Å². The summed E-state index contributed by atoms with van der Waals surface area (Å²) in [7, 11) is 0. The molecule has 0 fully saturated rings. The Morgan fingerprint density at radius 3 is 2.17 bits per heavy atom. The lowest BCUT2D eigenvalue weighted by atomic mass is 9.69. The first-order chi connectivity index (χ1) is 19.0. The van der Waals surface area contributed by atoms with E-state index < -0.39 is 11.3 Å². The molecule has 202 valence electrons. The molecule has 2 N–H and O–H groups in total. The smallest absolute Gasteiger partial charge is 0.344 e. The summed E-state index contributed by atoms with van der Waals surface area (Å²) in [5, 5.41) is 1.65. The molecule has 5 aromatic rings. The first-order valence-corrected chi connectivity index (χ1v) is 13.7. The minimum absolute atomic E-state index is 0.00867. The van der Waals surface area contributed by atoms with Crippen molar-refractivity contribution in [1.82, 2.24) is 4.98 Å². The number of rotatable bonds is 2. The van der Waals surface area contributed by atoms with Crippen molar-refractivity contribution in [3.8, 4) is 22.3 Å². The molecule has 2 aliphatic rings. The molecular formula is C33H31N3O4. The van der Waals surface area contributed by atoms with Crippen molar-refractivity contribution in [2.45, 2.75) is 51.4 Å². The number of fused-ring (bicyclic) bond motifs is 3. The summed E-state index contributed by atoms with van der Waals surface area (Å²) in [6, 6.07) is 12.9. The van der Waals surface area contributed by atoms with E-state index in [0.717, 1.165) is 42.3 Å². The van der Waals surface area contributed by atoms with Crippen molar-refractivity contribution in [1.29, 1.82) is 0 Å². The Morgan fingerprint density at radius 1 is 0.800 bits per heavy atom. The van der Waals surface area contributed by atoms with Crippen LogP contribution >= 0.6 is 0 Å². The van der Waals surface area contributed by atoms with Gasteiger partial charge in [-0.05, 0) is 65.6 Å². The molecule has 3 aromatic heterocycles. The van der Waals surface area contributed by atoms with Crippen molar-refractivity contribution in [3.05, 3.63) is 86.8 Å². The molecule has 7 heteroatoms. The number of hydrogen-bond acceptors (Lipinski definition) is 7. The molecule has 0 unspecified atom stereocenters. The highest BCUT2D eigenvalue weighted by Gasteiger charge is 2.42. The fraction of sp³-hybridized carbons (Fsp3) is 0.303. The lowest BCUT2D eigenvalue weighted by molar-refractivity contribution is 0.398. The SMILES string of the molecule is CC1(C)CCN2CCC(C)(C)c3c2c1cc1cc(-c2cncc(-c4cc5ccc(N)cc5oc4=O)c2)c(=O)oc31. The number of nitrogen functional groups attached to an aromatic ring is 1. The lowest BCUT2D eigenvalue weighted by Gasteiger charge is -2.48. The number of benzene rings is 2. The van der Waals surface area contributed by atoms with E-state index >= 15 is 0 Å². The average Bonchev–Trinajstić information content (AvgIpc) is 2.90. The Bertz CT molecular complexity index is 1980. The van der Waals surface area contributed by atoms with E-state index in [1.54, 1.807) is 36.7 Å². The largest absolute Gasteiger partial charge is 0.422 e. The topological polar surface area (TPSA) is 103 Å². The van der Waals surface area contributed by atoms with Gasteiger partial charge in [0, 0.05) is 70.4 Å². The van der Waals surface area contributed by atoms with E-state index in [9.17, 15) is 9.59 Å². The van der Waals surface area contributed by atoms with Crippen LogP contribution < -0.4 is 21.9 Å². The van der Waals surface area contributed by atoms with Gasteiger partial charge in [0.05, 0.1) is 11.1 Å². The van der Waals surface area contributed by atoms with Gasteiger partial charge in [-0.25, -0.2) is 9.59 Å². The van der Waals surface area contributed by atoms with E-state index in [-0.39, 0.29) is 10.8 Å². The molecular weight excluding hydrogens is 502 g/mol. The normalized spacial score (nSPS) is 17.2. The average molecular weight is 534 g/mol. The number of hydrogen-bond donors (Lipinski definition) is 1. The van der Waals surface area contributed by atoms with E-state index in [1.165, 1.54) is 11.3 Å². The van der Waals surface area contributed by atoms with E-state index in [1.807, 2.05) is 12.1 Å². The molecule has 40 heavy (non-hydrogen) atoms. The summed E-state index contributed by atoms with van der Waals surface area (Å²) in [4.78, 5) is 33.2. The molecule has 0 aliphatic carbocycles. The van der Waals surface area contributed by atoms with E-state index in [4.69, 9.17) is 14.6 Å². The highest BCUT2D eigenvalue weighted by atomic mass is 16.4. The number of nitrogens with zero attached hydrogens (tertiary/aromatic N) is 2. The molecule has 0 spiro atoms. The Hall–Kier alpha value is -4.39. The number of nitrogens with two attached hydrogens (primary N) is 1. The second-order valence-electron chi connectivity index (χ2n) is 12.5. The predicted molar refractivity (Wildman–Crippen MR) is 159 cm³/mol. The molecule has 0 radical (unpaired) electrons. The molecule has 7 nitrogen and oxygen atoms in total. The summed E-state index contributed by atoms with van der Waals surface area (Å²) in [6.45, 7) is 11.1. The fourth-order valence-corrected chi connectivity index (χ4v) is 6.42. The maximum absolute atomic E-state index is 13.5. The van der Waals surface area contributed by atoms with Crippen molar-refractivity contribution in [3.63, 3.8) is 0 Å². The Labute approximate surface area is 231 Å². The van der Waals surface area contributed by atoms with Crippen LogP contribution in [0.1, 0.15) is 51.7 Å². The lowest BCUT2D eigenvalue weighted by Crippen LogP contribution is -2.44. The molecule has 0 amide bonds.